The van der Waals surface area contributed by atoms with Gasteiger partial charge in [-0.25, -0.2) is 4.79 Å². The molecule has 0 spiro atoms. The van der Waals surface area contributed by atoms with Crippen LogP contribution < -0.4 is 9.80 Å². The van der Waals surface area contributed by atoms with Crippen LogP contribution in [0.4, 0.5) is 11.4 Å². The molecule has 2 heterocycles. The molecule has 5 rings (SSSR count). The summed E-state index contributed by atoms with van der Waals surface area (Å²) in [6.07, 6.45) is 2.08. The number of phenolic OH excluding ortho intramolecular Hbond substituents is 1. The van der Waals surface area contributed by atoms with Crippen LogP contribution in [-0.4, -0.2) is 41.8 Å². The Hall–Kier alpha value is -4.28. The van der Waals surface area contributed by atoms with Gasteiger partial charge >= 0.3 is 5.97 Å². The molecule has 1 atom stereocenters. The number of aromatic hydroxyl groups is 1. The van der Waals surface area contributed by atoms with Gasteiger partial charge in [0.15, 0.2) is 6.61 Å². The lowest BCUT2D eigenvalue weighted by molar-refractivity contribution is -0.130. The number of anilines is 2. The van der Waals surface area contributed by atoms with Crippen molar-refractivity contribution < 1.29 is 24.5 Å². The maximum absolute atomic E-state index is 13.7. The number of aliphatic hydroxyl groups is 1. The quantitative estimate of drug-likeness (QED) is 0.427. The van der Waals surface area contributed by atoms with Crippen LogP contribution >= 0.6 is 0 Å². The standard InChI is InChI=1S/C29H26N2O5/c32-25-15-5-4-12-22(25)27(33)36-19-9-16-29(35)26-23(30-17-6-7-18-30)13-8-14-24(26)31(28(29)34)20-21-10-2-1-3-11-21/h1-5,8,10-15,32,35H,6-7,17-20H2. The van der Waals surface area contributed by atoms with Crippen molar-refractivity contribution in [1.82, 2.24) is 0 Å². The number of para-hydroxylation sites is 1. The number of esters is 1. The molecule has 1 fully saturated rings. The number of carbonyl (C=O) groups excluding carboxylic acids is 2. The summed E-state index contributed by atoms with van der Waals surface area (Å²) in [7, 11) is 0. The maximum Gasteiger partial charge on any atom is 0.342 e. The number of phenols is 1. The Balaban J connectivity index is 1.46. The highest BCUT2D eigenvalue weighted by atomic mass is 16.5. The lowest BCUT2D eigenvalue weighted by Crippen LogP contribution is -2.39. The summed E-state index contributed by atoms with van der Waals surface area (Å²) < 4.78 is 5.17. The van der Waals surface area contributed by atoms with Crippen molar-refractivity contribution in [3.05, 3.63) is 89.5 Å². The molecule has 1 saturated heterocycles. The minimum atomic E-state index is -2.08. The summed E-state index contributed by atoms with van der Waals surface area (Å²) in [5, 5.41) is 21.6. The van der Waals surface area contributed by atoms with Crippen LogP contribution in [0.5, 0.6) is 5.75 Å². The predicted molar refractivity (Wildman–Crippen MR) is 136 cm³/mol. The fourth-order valence-corrected chi connectivity index (χ4v) is 4.79. The van der Waals surface area contributed by atoms with Crippen molar-refractivity contribution in [2.45, 2.75) is 25.0 Å². The van der Waals surface area contributed by atoms with Gasteiger partial charge in [0.2, 0.25) is 5.60 Å². The van der Waals surface area contributed by atoms with Crippen molar-refractivity contribution in [3.8, 4) is 17.6 Å². The third kappa shape index (κ3) is 4.28. The van der Waals surface area contributed by atoms with Crippen molar-refractivity contribution in [2.24, 2.45) is 0 Å². The number of hydrogen-bond donors (Lipinski definition) is 2. The Bertz CT molecular complexity index is 1350. The highest BCUT2D eigenvalue weighted by molar-refractivity contribution is 6.11. The zero-order valence-corrected chi connectivity index (χ0v) is 19.7. The molecule has 0 bridgehead atoms. The van der Waals surface area contributed by atoms with Gasteiger partial charge in [-0.15, -0.1) is 0 Å². The molecule has 0 radical (unpaired) electrons. The maximum atomic E-state index is 13.7. The molecule has 3 aromatic rings. The first-order chi connectivity index (χ1) is 17.5. The smallest absolute Gasteiger partial charge is 0.342 e. The van der Waals surface area contributed by atoms with Crippen LogP contribution in [0.1, 0.15) is 34.3 Å². The van der Waals surface area contributed by atoms with Gasteiger partial charge in [0.05, 0.1) is 17.8 Å². The van der Waals surface area contributed by atoms with Gasteiger partial charge in [0.1, 0.15) is 11.3 Å². The molecule has 3 aromatic carbocycles. The van der Waals surface area contributed by atoms with E-state index in [0.717, 1.165) is 37.2 Å². The van der Waals surface area contributed by atoms with Crippen molar-refractivity contribution in [3.63, 3.8) is 0 Å². The van der Waals surface area contributed by atoms with E-state index in [1.165, 1.54) is 12.1 Å². The Morgan fingerprint density at radius 3 is 2.39 bits per heavy atom. The minimum absolute atomic E-state index is 0.0191. The van der Waals surface area contributed by atoms with Crippen LogP contribution in [0.3, 0.4) is 0 Å². The van der Waals surface area contributed by atoms with Gasteiger partial charge in [-0.3, -0.25) is 4.79 Å². The van der Waals surface area contributed by atoms with Crippen molar-refractivity contribution in [1.29, 1.82) is 0 Å². The van der Waals surface area contributed by atoms with Crippen molar-refractivity contribution in [2.75, 3.05) is 29.5 Å². The number of carbonyl (C=O) groups is 2. The Kier molecular flexibility index (Phi) is 6.36. The number of rotatable bonds is 5. The number of ether oxygens (including phenoxy) is 1. The topological polar surface area (TPSA) is 90.3 Å². The van der Waals surface area contributed by atoms with Gasteiger partial charge in [0, 0.05) is 18.8 Å². The second kappa shape index (κ2) is 9.76. The van der Waals surface area contributed by atoms with Gasteiger partial charge in [-0.2, -0.15) is 0 Å². The SMILES string of the molecule is O=C(OCC#CC1(O)C(=O)N(Cc2ccccc2)c2cccc(N3CCCC3)c21)c1ccccc1O. The van der Waals surface area contributed by atoms with Crippen LogP contribution in [0.2, 0.25) is 0 Å². The van der Waals surface area contributed by atoms with Gasteiger partial charge < -0.3 is 24.7 Å². The molecular weight excluding hydrogens is 456 g/mol. The van der Waals surface area contributed by atoms with E-state index in [4.69, 9.17) is 4.74 Å². The van der Waals surface area contributed by atoms with Crippen LogP contribution in [0.25, 0.3) is 0 Å². The molecule has 7 heteroatoms. The molecule has 182 valence electrons. The van der Waals surface area contributed by atoms with Crippen LogP contribution in [-0.2, 0) is 21.7 Å². The fraction of sp³-hybridized carbons (Fsp3) is 0.241. The monoisotopic (exact) mass is 482 g/mol. The molecule has 0 aliphatic carbocycles. The molecule has 2 aliphatic heterocycles. The van der Waals surface area contributed by atoms with E-state index in [1.54, 1.807) is 17.0 Å². The highest BCUT2D eigenvalue weighted by Gasteiger charge is 2.51. The van der Waals surface area contributed by atoms with E-state index >= 15 is 0 Å². The molecule has 2 aliphatic rings. The Labute approximate surface area is 209 Å². The zero-order valence-electron chi connectivity index (χ0n) is 19.7. The first-order valence-corrected chi connectivity index (χ1v) is 11.9. The zero-order chi connectivity index (χ0) is 25.1. The largest absolute Gasteiger partial charge is 0.507 e. The molecule has 2 N–H and O–H groups in total. The van der Waals surface area contributed by atoms with E-state index in [1.807, 2.05) is 48.5 Å². The molecule has 7 nitrogen and oxygen atoms in total. The van der Waals surface area contributed by atoms with E-state index in [-0.39, 0.29) is 17.9 Å². The highest BCUT2D eigenvalue weighted by Crippen LogP contribution is 2.46. The summed E-state index contributed by atoms with van der Waals surface area (Å²) in [6.45, 7) is 1.63. The first-order valence-electron chi connectivity index (χ1n) is 11.9. The molecule has 36 heavy (non-hydrogen) atoms. The summed E-state index contributed by atoms with van der Waals surface area (Å²) >= 11 is 0. The van der Waals surface area contributed by atoms with E-state index in [0.29, 0.717) is 17.8 Å². The average molecular weight is 483 g/mol. The molecule has 1 amide bonds. The summed E-state index contributed by atoms with van der Waals surface area (Å²) in [5.41, 5.74) is 0.744. The lowest BCUT2D eigenvalue weighted by atomic mass is 9.93. The number of nitrogens with zero attached hydrogens (tertiary/aromatic N) is 2. The van der Waals surface area contributed by atoms with E-state index in [2.05, 4.69) is 16.7 Å². The van der Waals surface area contributed by atoms with E-state index in [9.17, 15) is 19.8 Å². The minimum Gasteiger partial charge on any atom is -0.507 e. The molecule has 1 unspecified atom stereocenters. The summed E-state index contributed by atoms with van der Waals surface area (Å²) in [6, 6.07) is 21.3. The van der Waals surface area contributed by atoms with Gasteiger partial charge in [0.25, 0.3) is 5.91 Å². The lowest BCUT2D eigenvalue weighted by Gasteiger charge is -2.24. The summed E-state index contributed by atoms with van der Waals surface area (Å²) in [4.78, 5) is 29.7. The molecule has 0 aromatic heterocycles. The Morgan fingerprint density at radius 2 is 1.64 bits per heavy atom. The van der Waals surface area contributed by atoms with Gasteiger partial charge in [-0.1, -0.05) is 54.5 Å². The molecular formula is C29H26N2O5. The third-order valence-electron chi connectivity index (χ3n) is 6.53. The van der Waals surface area contributed by atoms with E-state index < -0.39 is 17.5 Å². The first kappa shape index (κ1) is 23.5. The normalized spacial score (nSPS) is 18.5. The summed E-state index contributed by atoms with van der Waals surface area (Å²) in [5.74, 6) is 3.92. The third-order valence-corrected chi connectivity index (χ3v) is 6.53. The Morgan fingerprint density at radius 1 is 0.944 bits per heavy atom. The van der Waals surface area contributed by atoms with Crippen molar-refractivity contribution >= 4 is 23.3 Å². The second-order valence-corrected chi connectivity index (χ2v) is 8.85. The second-order valence-electron chi connectivity index (χ2n) is 8.85. The average Bonchev–Trinajstić information content (AvgIpc) is 3.50. The van der Waals surface area contributed by atoms with Gasteiger partial charge in [-0.05, 0) is 48.6 Å². The number of amides is 1. The number of hydrogen-bond acceptors (Lipinski definition) is 6. The van der Waals surface area contributed by atoms with Crippen LogP contribution in [0.15, 0.2) is 72.8 Å². The predicted octanol–water partition coefficient (Wildman–Crippen LogP) is 3.59. The fourth-order valence-electron chi connectivity index (χ4n) is 4.79. The number of benzene rings is 3. The number of fused-ring (bicyclic) bond motifs is 1. The van der Waals surface area contributed by atoms with Crippen LogP contribution in [0, 0.1) is 11.8 Å². The molecule has 0 saturated carbocycles.